The number of benzene rings is 1. The Kier molecular flexibility index (Phi) is 6.02. The van der Waals surface area contributed by atoms with Gasteiger partial charge in [-0.2, -0.15) is 0 Å². The number of hydrogen-bond acceptors (Lipinski definition) is 3. The minimum atomic E-state index is -1.12. The van der Waals surface area contributed by atoms with Crippen molar-refractivity contribution in [2.75, 3.05) is 26.0 Å². The number of amides is 2. The molecule has 0 radical (unpaired) electrons. The van der Waals surface area contributed by atoms with Crippen molar-refractivity contribution in [3.63, 3.8) is 0 Å². The summed E-state index contributed by atoms with van der Waals surface area (Å²) in [4.78, 5) is 24.8. The van der Waals surface area contributed by atoms with Gasteiger partial charge in [0.05, 0.1) is 18.4 Å². The maximum atomic E-state index is 12.0. The highest BCUT2D eigenvalue weighted by atomic mass is 16.5. The predicted octanol–water partition coefficient (Wildman–Crippen LogP) is 2.90. The summed E-state index contributed by atoms with van der Waals surface area (Å²) in [7, 11) is 3.14. The zero-order chi connectivity index (χ0) is 16.0. The van der Waals surface area contributed by atoms with E-state index in [9.17, 15) is 14.7 Å². The summed E-state index contributed by atoms with van der Waals surface area (Å²) in [5.41, 5.74) is 0.254. The molecule has 1 aromatic carbocycles. The highest BCUT2D eigenvalue weighted by Crippen LogP contribution is 2.22. The minimum absolute atomic E-state index is 0.0000374. The van der Waals surface area contributed by atoms with Crippen molar-refractivity contribution in [3.8, 4) is 5.75 Å². The van der Waals surface area contributed by atoms with Crippen LogP contribution in [0.2, 0.25) is 0 Å². The third kappa shape index (κ3) is 4.98. The number of carbonyl (C=O) groups is 2. The van der Waals surface area contributed by atoms with E-state index < -0.39 is 5.97 Å². The molecule has 0 atom stereocenters. The van der Waals surface area contributed by atoms with Gasteiger partial charge in [0.2, 0.25) is 0 Å². The Morgan fingerprint density at radius 2 is 2.05 bits per heavy atom. The molecule has 0 bridgehead atoms. The van der Waals surface area contributed by atoms with E-state index in [4.69, 9.17) is 4.74 Å². The van der Waals surface area contributed by atoms with Crippen molar-refractivity contribution in [1.29, 1.82) is 0 Å². The first-order valence-electron chi connectivity index (χ1n) is 6.78. The summed E-state index contributed by atoms with van der Waals surface area (Å²) in [5.74, 6) is -0.191. The summed E-state index contributed by atoms with van der Waals surface area (Å²) in [6, 6.07) is 4.18. The van der Waals surface area contributed by atoms with Crippen LogP contribution in [0.4, 0.5) is 10.5 Å². The summed E-state index contributed by atoms with van der Waals surface area (Å²) in [6.45, 7) is 4.78. The van der Waals surface area contributed by atoms with E-state index in [1.54, 1.807) is 13.1 Å². The first-order chi connectivity index (χ1) is 9.85. The maximum Gasteiger partial charge on any atom is 0.337 e. The normalized spacial score (nSPS) is 10.3. The van der Waals surface area contributed by atoms with Gasteiger partial charge >= 0.3 is 12.0 Å². The van der Waals surface area contributed by atoms with E-state index in [0.717, 1.165) is 6.42 Å². The molecular weight excluding hydrogens is 272 g/mol. The van der Waals surface area contributed by atoms with Gasteiger partial charge in [0.25, 0.3) is 0 Å². The first kappa shape index (κ1) is 16.8. The molecular formula is C15H22N2O4. The molecule has 0 aliphatic rings. The minimum Gasteiger partial charge on any atom is -0.497 e. The highest BCUT2D eigenvalue weighted by Gasteiger charge is 2.16. The average molecular weight is 294 g/mol. The number of ether oxygens (including phenoxy) is 1. The van der Waals surface area contributed by atoms with Crippen LogP contribution in [0.3, 0.4) is 0 Å². The number of anilines is 1. The topological polar surface area (TPSA) is 78.9 Å². The van der Waals surface area contributed by atoms with Gasteiger partial charge in [0, 0.05) is 13.6 Å². The van der Waals surface area contributed by atoms with Crippen LogP contribution in [0, 0.1) is 5.92 Å². The maximum absolute atomic E-state index is 12.0. The Balaban J connectivity index is 2.82. The van der Waals surface area contributed by atoms with Gasteiger partial charge < -0.3 is 20.1 Å². The first-order valence-corrected chi connectivity index (χ1v) is 6.78. The second-order valence-corrected chi connectivity index (χ2v) is 5.25. The number of carboxylic acids is 1. The number of rotatable bonds is 6. The molecule has 21 heavy (non-hydrogen) atoms. The largest absolute Gasteiger partial charge is 0.497 e. The van der Waals surface area contributed by atoms with Crippen molar-refractivity contribution < 1.29 is 19.4 Å². The molecule has 6 nitrogen and oxygen atoms in total. The van der Waals surface area contributed by atoms with Crippen molar-refractivity contribution in [2.24, 2.45) is 5.92 Å². The smallest absolute Gasteiger partial charge is 0.337 e. The number of urea groups is 1. The van der Waals surface area contributed by atoms with Crippen molar-refractivity contribution in [1.82, 2.24) is 4.90 Å². The number of aromatic carboxylic acids is 1. The fraction of sp³-hybridized carbons (Fsp3) is 0.467. The Morgan fingerprint density at radius 3 is 2.57 bits per heavy atom. The van der Waals surface area contributed by atoms with Crippen molar-refractivity contribution in [3.05, 3.63) is 23.8 Å². The monoisotopic (exact) mass is 294 g/mol. The van der Waals surface area contributed by atoms with Gasteiger partial charge in [0.15, 0.2) is 0 Å². The van der Waals surface area contributed by atoms with Gasteiger partial charge in [-0.3, -0.25) is 0 Å². The SMILES string of the molecule is COc1ccc(NC(=O)N(C)CCC(C)C)c(C(=O)O)c1. The molecule has 0 saturated heterocycles. The van der Waals surface area contributed by atoms with Gasteiger partial charge in [0.1, 0.15) is 5.75 Å². The van der Waals surface area contributed by atoms with Crippen LogP contribution >= 0.6 is 0 Å². The third-order valence-electron chi connectivity index (χ3n) is 3.09. The van der Waals surface area contributed by atoms with Crippen LogP contribution in [0.1, 0.15) is 30.6 Å². The lowest BCUT2D eigenvalue weighted by molar-refractivity contribution is 0.0697. The fourth-order valence-corrected chi connectivity index (χ4v) is 1.70. The molecule has 6 heteroatoms. The molecule has 0 fully saturated rings. The van der Waals surface area contributed by atoms with Crippen LogP contribution in [0.15, 0.2) is 18.2 Å². The van der Waals surface area contributed by atoms with Crippen LogP contribution in [0.25, 0.3) is 0 Å². The molecule has 0 saturated carbocycles. The van der Waals surface area contributed by atoms with Crippen LogP contribution < -0.4 is 10.1 Å². The molecule has 2 N–H and O–H groups in total. The van der Waals surface area contributed by atoms with Gasteiger partial charge in [-0.05, 0) is 30.5 Å². The standard InChI is InChI=1S/C15H22N2O4/c1-10(2)7-8-17(3)15(20)16-13-6-5-11(21-4)9-12(13)14(18)19/h5-6,9-10H,7-8H2,1-4H3,(H,16,20)(H,18,19). The van der Waals surface area contributed by atoms with Crippen LogP contribution in [-0.4, -0.2) is 42.7 Å². The fourth-order valence-electron chi connectivity index (χ4n) is 1.70. The lowest BCUT2D eigenvalue weighted by atomic mass is 10.1. The lowest BCUT2D eigenvalue weighted by Gasteiger charge is -2.19. The summed E-state index contributed by atoms with van der Waals surface area (Å²) in [5, 5.41) is 11.8. The zero-order valence-electron chi connectivity index (χ0n) is 12.8. The summed E-state index contributed by atoms with van der Waals surface area (Å²) >= 11 is 0. The van der Waals surface area contributed by atoms with Crippen LogP contribution in [0.5, 0.6) is 5.75 Å². The Morgan fingerprint density at radius 1 is 1.38 bits per heavy atom. The van der Waals surface area contributed by atoms with Crippen molar-refractivity contribution >= 4 is 17.7 Å². The molecule has 2 amide bonds. The number of nitrogens with zero attached hydrogens (tertiary/aromatic N) is 1. The van der Waals surface area contributed by atoms with Gasteiger partial charge in [-0.15, -0.1) is 0 Å². The van der Waals surface area contributed by atoms with Gasteiger partial charge in [-0.1, -0.05) is 13.8 Å². The Hall–Kier alpha value is -2.24. The quantitative estimate of drug-likeness (QED) is 0.845. The van der Waals surface area contributed by atoms with E-state index in [1.807, 2.05) is 0 Å². The molecule has 1 aromatic rings. The van der Waals surface area contributed by atoms with E-state index >= 15 is 0 Å². The molecule has 1 rings (SSSR count). The number of carbonyl (C=O) groups excluding carboxylic acids is 1. The molecule has 0 aliphatic heterocycles. The van der Waals surface area contributed by atoms with E-state index in [0.29, 0.717) is 18.2 Å². The number of methoxy groups -OCH3 is 1. The summed E-state index contributed by atoms with van der Waals surface area (Å²) < 4.78 is 4.99. The average Bonchev–Trinajstić information content (AvgIpc) is 2.44. The molecule has 0 aliphatic carbocycles. The van der Waals surface area contributed by atoms with E-state index in [1.165, 1.54) is 24.1 Å². The van der Waals surface area contributed by atoms with Gasteiger partial charge in [-0.25, -0.2) is 9.59 Å². The van der Waals surface area contributed by atoms with Crippen molar-refractivity contribution in [2.45, 2.75) is 20.3 Å². The summed E-state index contributed by atoms with van der Waals surface area (Å²) in [6.07, 6.45) is 0.887. The zero-order valence-corrected chi connectivity index (χ0v) is 12.8. The Bertz CT molecular complexity index is 514. The molecule has 0 spiro atoms. The lowest BCUT2D eigenvalue weighted by Crippen LogP contribution is -2.33. The Labute approximate surface area is 124 Å². The molecule has 116 valence electrons. The number of hydrogen-bond donors (Lipinski definition) is 2. The van der Waals surface area contributed by atoms with E-state index in [-0.39, 0.29) is 17.3 Å². The number of carboxylic acid groups (broad SMARTS) is 1. The van der Waals surface area contributed by atoms with E-state index in [2.05, 4.69) is 19.2 Å². The molecule has 0 unspecified atom stereocenters. The highest BCUT2D eigenvalue weighted by molar-refractivity contribution is 6.00. The second-order valence-electron chi connectivity index (χ2n) is 5.25. The third-order valence-corrected chi connectivity index (χ3v) is 3.09. The number of nitrogens with one attached hydrogen (secondary N) is 1. The molecule has 0 heterocycles. The second kappa shape index (κ2) is 7.52. The van der Waals surface area contributed by atoms with Crippen LogP contribution in [-0.2, 0) is 0 Å². The molecule has 0 aromatic heterocycles. The predicted molar refractivity (Wildman–Crippen MR) is 81.1 cm³/mol.